The van der Waals surface area contributed by atoms with Crippen LogP contribution in [0.1, 0.15) is 131 Å². The maximum atomic E-state index is 2.36. The average molecular weight is 1540 g/mol. The van der Waals surface area contributed by atoms with Crippen molar-refractivity contribution in [1.82, 2.24) is 0 Å². The average Bonchev–Trinajstić information content (AvgIpc) is 1.75. The third-order valence-corrected chi connectivity index (χ3v) is 28.5. The maximum absolute atomic E-state index is 2.36. The van der Waals surface area contributed by atoms with Gasteiger partial charge in [-0.2, -0.15) is 0 Å². The van der Waals surface area contributed by atoms with Gasteiger partial charge < -0.3 is 0 Å². The summed E-state index contributed by atoms with van der Waals surface area (Å²) in [5, 5.41) is 21.4. The zero-order chi connectivity index (χ0) is 79.5. The van der Waals surface area contributed by atoms with Crippen LogP contribution in [0.25, 0.3) is 120 Å². The van der Waals surface area contributed by atoms with Gasteiger partial charge in [0.1, 0.15) is 0 Å². The second-order valence-corrected chi connectivity index (χ2v) is 36.0. The molecule has 0 nitrogen and oxygen atoms in total. The van der Waals surface area contributed by atoms with Crippen LogP contribution in [0.4, 0.5) is 0 Å². The minimum Gasteiger partial charge on any atom is -0.0623 e. The van der Waals surface area contributed by atoms with E-state index in [0.717, 1.165) is 12.8 Å². The predicted octanol–water partition coefficient (Wildman–Crippen LogP) is 33.1. The van der Waals surface area contributed by atoms with Gasteiger partial charge in [0.05, 0.1) is 0 Å². The van der Waals surface area contributed by atoms with Crippen molar-refractivity contribution < 1.29 is 0 Å². The first-order valence-electron chi connectivity index (χ1n) is 45.2. The van der Waals surface area contributed by atoms with Gasteiger partial charge in [0.15, 0.2) is 0 Å². The molecule has 0 amide bonds. The SMILES string of the molecule is C1C2CC3CC1CC(C2)C3.C1CC2C3CC(C3)C2C1.C1CC2CCCC2C1.c1cc2ccc3cccc4ccc(c1)c2c34.c1ccc(-c2ccccc2)cc1.c1ccc2c(c1)Cc1ccccc1-2.c1ccc2cc3c(cc2c1)Cc1cc2ccccc2cc1-3.c1ccc2cc3ccccc3cc2c1.c1ccc2ccccc2c1.c1ccccc1. The number of benzene rings is 18. The lowest BCUT2D eigenvalue weighted by atomic mass is 9.56. The molecule has 30 rings (SSSR count). The fourth-order valence-corrected chi connectivity index (χ4v) is 23.1. The van der Waals surface area contributed by atoms with Crippen LogP contribution < -0.4 is 0 Å². The molecule has 0 saturated heterocycles. The summed E-state index contributed by atoms with van der Waals surface area (Å²) in [4.78, 5) is 0. The van der Waals surface area contributed by atoms with Gasteiger partial charge in [0.2, 0.25) is 0 Å². The second kappa shape index (κ2) is 36.7. The highest BCUT2D eigenvalue weighted by Crippen LogP contribution is 2.62. The highest BCUT2D eigenvalue weighted by Gasteiger charge is 2.53. The highest BCUT2D eigenvalue weighted by atomic mass is 14.6. The lowest BCUT2D eigenvalue weighted by Crippen LogP contribution is -2.38. The van der Waals surface area contributed by atoms with Gasteiger partial charge in [-0.1, -0.05) is 409 Å². The molecular weight excluding hydrogens is 1430 g/mol. The van der Waals surface area contributed by atoms with Gasteiger partial charge >= 0.3 is 0 Å². The lowest BCUT2D eigenvalue weighted by Gasteiger charge is -2.49. The minimum atomic E-state index is 1.06. The molecule has 6 bridgehead atoms. The standard InChI is InChI=1S/C21H14.C16H10.C14H10.C13H10.C12H10.C10H16.C10H8.C9H14.C8H14.C6H6/c1-3-7-16-12-20-18(9-14(16)5-1)11-19-10-15-6-2-4-8-17(15)13-21(19)20;1-3-11-7-9-13-5-2-6-14-10-8-12(4-1)15(11)16(13)14;1-2-6-12-10-14-8-4-3-7-13(14)9-11(12)5-1;1-3-7-12-10(5-1)9-11-6-2-4-8-13(11)12;1-3-7-11(8-4-1)12-9-5-2-6-10-12;1-7-2-9-4-8(1)5-10(3-7)6-9;1-2-6-10-8-4-3-7-9(10)5-1;1-2-8-6-4-7(5-6)9(8)3-1;1-3-7-5-2-6-8(7)4-1;1-2-4-6-5-3-1/h1-10,12-13H,11H2;1-10H;1-10H;1-8H,9H2;1-10H;7-10H,1-6H2;1-8H;6-9H,1-5H2;7-8H,1-6H2;1-6H. The van der Waals surface area contributed by atoms with Gasteiger partial charge in [0, 0.05) is 0 Å². The van der Waals surface area contributed by atoms with E-state index in [1.54, 1.807) is 96.3 Å². The number of rotatable bonds is 1. The molecule has 12 aliphatic carbocycles. The Hall–Kier alpha value is -11.7. The number of fused-ring (bicyclic) bond motifs is 12. The topological polar surface area (TPSA) is 0 Å². The Bertz CT molecular complexity index is 5800. The summed E-state index contributed by atoms with van der Waals surface area (Å²) in [5.74, 6) is 11.9. The lowest BCUT2D eigenvalue weighted by molar-refractivity contribution is 0.0198. The zero-order valence-corrected chi connectivity index (χ0v) is 69.2. The van der Waals surface area contributed by atoms with Crippen molar-refractivity contribution in [1.29, 1.82) is 0 Å². The first kappa shape index (κ1) is 77.2. The molecule has 0 aromatic heterocycles. The van der Waals surface area contributed by atoms with E-state index in [-0.39, 0.29) is 0 Å². The summed E-state index contributed by atoms with van der Waals surface area (Å²) in [6, 6.07) is 137. The van der Waals surface area contributed by atoms with Crippen LogP contribution in [0.3, 0.4) is 0 Å². The van der Waals surface area contributed by atoms with E-state index < -0.39 is 0 Å². The van der Waals surface area contributed by atoms with E-state index >= 15 is 0 Å². The van der Waals surface area contributed by atoms with Crippen LogP contribution >= 0.6 is 0 Å². The van der Waals surface area contributed by atoms with Crippen LogP contribution in [0.5, 0.6) is 0 Å². The first-order chi connectivity index (χ1) is 58.9. The molecule has 0 aliphatic heterocycles. The molecule has 2 atom stereocenters. The van der Waals surface area contributed by atoms with E-state index in [1.165, 1.54) is 214 Å². The summed E-state index contributed by atoms with van der Waals surface area (Å²) in [5.41, 5.74) is 14.0. The zero-order valence-electron chi connectivity index (χ0n) is 69.2. The van der Waals surface area contributed by atoms with E-state index in [0.29, 0.717) is 0 Å². The molecule has 0 heteroatoms. The summed E-state index contributed by atoms with van der Waals surface area (Å²) in [6.45, 7) is 0. The fourth-order valence-electron chi connectivity index (χ4n) is 23.1. The highest BCUT2D eigenvalue weighted by molar-refractivity contribution is 6.23. The smallest absolute Gasteiger partial charge is 0.00130 e. The Morgan fingerprint density at radius 3 is 0.748 bits per heavy atom. The number of hydrogen-bond donors (Lipinski definition) is 0. The molecule has 119 heavy (non-hydrogen) atoms. The molecule has 0 radical (unpaired) electrons. The van der Waals surface area contributed by atoms with Crippen molar-refractivity contribution in [2.45, 2.75) is 122 Å². The second-order valence-electron chi connectivity index (χ2n) is 36.0. The Morgan fingerprint density at radius 2 is 0.412 bits per heavy atom. The Balaban J connectivity index is 0.0000000891. The van der Waals surface area contributed by atoms with Crippen molar-refractivity contribution in [2.24, 2.45) is 59.2 Å². The quantitative estimate of drug-likeness (QED) is 0.114. The Labute approximate surface area is 706 Å². The molecule has 588 valence electrons. The first-order valence-corrected chi connectivity index (χ1v) is 45.2. The minimum absolute atomic E-state index is 1.06. The normalized spacial score (nSPS) is 21.1. The van der Waals surface area contributed by atoms with Crippen molar-refractivity contribution in [2.75, 3.05) is 0 Å². The largest absolute Gasteiger partial charge is 0.0623 e. The van der Waals surface area contributed by atoms with Crippen LogP contribution in [0, 0.1) is 59.2 Å². The van der Waals surface area contributed by atoms with E-state index in [1.807, 2.05) is 48.5 Å². The summed E-state index contributed by atoms with van der Waals surface area (Å²) < 4.78 is 0. The third-order valence-electron chi connectivity index (χ3n) is 28.5. The monoisotopic (exact) mass is 1540 g/mol. The van der Waals surface area contributed by atoms with Gasteiger partial charge in [-0.05, 0) is 302 Å². The molecule has 18 aromatic rings. The molecular formula is C119H112. The molecule has 0 spiro atoms. The van der Waals surface area contributed by atoms with Crippen molar-refractivity contribution in [3.8, 4) is 33.4 Å². The Morgan fingerprint density at radius 1 is 0.160 bits per heavy atom. The van der Waals surface area contributed by atoms with E-state index in [2.05, 4.69) is 340 Å². The molecule has 10 saturated carbocycles. The summed E-state index contributed by atoms with van der Waals surface area (Å²) in [6.07, 6.45) is 29.1. The van der Waals surface area contributed by atoms with Gasteiger partial charge in [-0.25, -0.2) is 0 Å². The molecule has 2 unspecified atom stereocenters. The molecule has 0 N–H and O–H groups in total. The fraction of sp³-hybridized carbons (Fsp3) is 0.244. The molecule has 18 aromatic carbocycles. The number of hydrogen-bond acceptors (Lipinski definition) is 0. The molecule has 0 heterocycles. The molecule has 12 aliphatic rings. The van der Waals surface area contributed by atoms with Crippen LogP contribution in [-0.2, 0) is 12.8 Å². The summed E-state index contributed by atoms with van der Waals surface area (Å²) in [7, 11) is 0. The molecule has 10 fully saturated rings. The maximum Gasteiger partial charge on any atom is -0.00130 e. The van der Waals surface area contributed by atoms with Crippen LogP contribution in [-0.4, -0.2) is 0 Å². The van der Waals surface area contributed by atoms with Gasteiger partial charge in [0.25, 0.3) is 0 Å². The van der Waals surface area contributed by atoms with Gasteiger partial charge in [-0.15, -0.1) is 0 Å². The Kier molecular flexibility index (Phi) is 23.8. The van der Waals surface area contributed by atoms with Crippen molar-refractivity contribution in [3.63, 3.8) is 0 Å². The van der Waals surface area contributed by atoms with Crippen LogP contribution in [0.15, 0.2) is 388 Å². The predicted molar refractivity (Wildman–Crippen MR) is 512 cm³/mol. The van der Waals surface area contributed by atoms with Crippen LogP contribution in [0.2, 0.25) is 0 Å². The van der Waals surface area contributed by atoms with E-state index in [9.17, 15) is 0 Å². The van der Waals surface area contributed by atoms with Crippen molar-refractivity contribution in [3.05, 3.63) is 411 Å². The third kappa shape index (κ3) is 17.9. The van der Waals surface area contributed by atoms with Gasteiger partial charge in [-0.3, -0.25) is 0 Å². The van der Waals surface area contributed by atoms with E-state index in [4.69, 9.17) is 0 Å². The summed E-state index contributed by atoms with van der Waals surface area (Å²) >= 11 is 0. The van der Waals surface area contributed by atoms with Crippen molar-refractivity contribution >= 4 is 86.2 Å².